The fraction of sp³-hybridized carbons (Fsp3) is 0.792. The molecule has 2 aromatic rings. The lowest BCUT2D eigenvalue weighted by atomic mass is 10.1. The van der Waals surface area contributed by atoms with Gasteiger partial charge in [0.15, 0.2) is 17.7 Å². The summed E-state index contributed by atoms with van der Waals surface area (Å²) in [6.45, 7) is 0.852. The monoisotopic (exact) mass is 558 g/mol. The molecule has 1 aliphatic heterocycles. The van der Waals surface area contributed by atoms with E-state index in [0.29, 0.717) is 17.8 Å². The molecular formula is C24H42N6O9. The van der Waals surface area contributed by atoms with Gasteiger partial charge in [0.05, 0.1) is 12.9 Å². The lowest BCUT2D eigenvalue weighted by Crippen LogP contribution is -2.33. The minimum Gasteiger partial charge on any atom is -0.387 e. The second-order valence-electron chi connectivity index (χ2n) is 9.54. The van der Waals surface area contributed by atoms with Crippen LogP contribution < -0.4 is 11.5 Å². The Bertz CT molecular complexity index is 923. The number of aliphatic hydroxyl groups is 2. The van der Waals surface area contributed by atoms with Crippen LogP contribution in [0.2, 0.25) is 0 Å². The molecule has 222 valence electrons. The van der Waals surface area contributed by atoms with Gasteiger partial charge in [-0.3, -0.25) is 4.57 Å². The van der Waals surface area contributed by atoms with Gasteiger partial charge < -0.3 is 26.4 Å². The van der Waals surface area contributed by atoms with Gasteiger partial charge in [-0.25, -0.2) is 24.7 Å². The van der Waals surface area contributed by atoms with E-state index in [2.05, 4.69) is 35.1 Å². The SMILES string of the molecule is NCCCCCCCCCCCCCCOOOOOOC[C@H]1O[C@@H](n2cnc3c(N)ncnc32)[C@H](O)[C@@H]1O. The third-order valence-electron chi connectivity index (χ3n) is 6.59. The molecule has 6 N–H and O–H groups in total. The predicted molar refractivity (Wildman–Crippen MR) is 136 cm³/mol. The normalized spacial score (nSPS) is 21.3. The van der Waals surface area contributed by atoms with Crippen molar-refractivity contribution in [1.82, 2.24) is 19.5 Å². The van der Waals surface area contributed by atoms with Crippen molar-refractivity contribution in [2.24, 2.45) is 5.73 Å². The van der Waals surface area contributed by atoms with Crippen LogP contribution in [0.15, 0.2) is 12.7 Å². The van der Waals surface area contributed by atoms with E-state index < -0.39 is 24.5 Å². The average Bonchev–Trinajstić information content (AvgIpc) is 3.49. The van der Waals surface area contributed by atoms with Gasteiger partial charge in [-0.2, -0.15) is 0 Å². The second kappa shape index (κ2) is 18.3. The van der Waals surface area contributed by atoms with Crippen LogP contribution >= 0.6 is 0 Å². The van der Waals surface area contributed by atoms with Gasteiger partial charge in [-0.1, -0.05) is 64.2 Å². The van der Waals surface area contributed by atoms with E-state index >= 15 is 0 Å². The first-order valence-corrected chi connectivity index (χ1v) is 13.7. The van der Waals surface area contributed by atoms with Crippen LogP contribution in [0.3, 0.4) is 0 Å². The number of hydrogen-bond donors (Lipinski definition) is 4. The summed E-state index contributed by atoms with van der Waals surface area (Å²) in [4.78, 5) is 21.7. The molecule has 0 aliphatic carbocycles. The Morgan fingerprint density at radius 3 is 2.05 bits per heavy atom. The molecule has 0 bridgehead atoms. The van der Waals surface area contributed by atoms with Crippen molar-refractivity contribution in [2.45, 2.75) is 102 Å². The zero-order valence-corrected chi connectivity index (χ0v) is 22.3. The van der Waals surface area contributed by atoms with Crippen molar-refractivity contribution in [1.29, 1.82) is 0 Å². The van der Waals surface area contributed by atoms with Gasteiger partial charge in [-0.15, -0.1) is 0 Å². The Morgan fingerprint density at radius 2 is 1.38 bits per heavy atom. The molecule has 0 radical (unpaired) electrons. The molecule has 1 saturated heterocycles. The summed E-state index contributed by atoms with van der Waals surface area (Å²) in [6.07, 6.45) is 12.6. The molecule has 0 spiro atoms. The molecule has 3 rings (SSSR count). The maximum absolute atomic E-state index is 10.4. The quantitative estimate of drug-likeness (QED) is 0.0931. The average molecular weight is 559 g/mol. The second-order valence-corrected chi connectivity index (χ2v) is 9.54. The molecule has 15 nitrogen and oxygen atoms in total. The van der Waals surface area contributed by atoms with Gasteiger partial charge in [-0.05, 0) is 39.5 Å². The molecule has 0 aromatic carbocycles. The number of ether oxygens (including phenoxy) is 1. The number of fused-ring (bicyclic) bond motifs is 1. The molecule has 39 heavy (non-hydrogen) atoms. The van der Waals surface area contributed by atoms with E-state index in [1.54, 1.807) is 0 Å². The lowest BCUT2D eigenvalue weighted by Gasteiger charge is -2.16. The van der Waals surface area contributed by atoms with Gasteiger partial charge >= 0.3 is 0 Å². The summed E-state index contributed by atoms with van der Waals surface area (Å²) < 4.78 is 7.13. The standard InChI is InChI=1S/C24H42N6O9/c25-13-11-9-7-5-3-1-2-4-6-8-10-12-14-33-36-38-39-37-34-15-18-20(31)21(32)24(35-18)30-17-29-19-22(26)27-16-28-23(19)30/h16-18,20-21,24,31-32H,1-15,25H2,(H2,26,27,28)/t18-,20-,21-,24-/m1/s1. The molecule has 15 heteroatoms. The number of hydrogen-bond acceptors (Lipinski definition) is 14. The van der Waals surface area contributed by atoms with Crippen LogP contribution in [0, 0.1) is 0 Å². The van der Waals surface area contributed by atoms with Gasteiger partial charge in [0.1, 0.15) is 36.8 Å². The fourth-order valence-corrected chi connectivity index (χ4v) is 4.42. The van der Waals surface area contributed by atoms with Crippen molar-refractivity contribution in [3.05, 3.63) is 12.7 Å². The Morgan fingerprint density at radius 1 is 0.769 bits per heavy atom. The van der Waals surface area contributed by atoms with Crippen LogP contribution in [-0.2, 0) is 34.7 Å². The van der Waals surface area contributed by atoms with Crippen LogP contribution in [0.5, 0.6) is 0 Å². The predicted octanol–water partition coefficient (Wildman–Crippen LogP) is 2.34. The molecule has 0 saturated carbocycles. The first-order chi connectivity index (χ1) is 19.1. The highest BCUT2D eigenvalue weighted by Gasteiger charge is 2.44. The molecule has 0 unspecified atom stereocenters. The first-order valence-electron chi connectivity index (χ1n) is 13.7. The maximum atomic E-state index is 10.4. The summed E-state index contributed by atoms with van der Waals surface area (Å²) in [5.74, 6) is 0.185. The Labute approximate surface area is 227 Å². The number of aliphatic hydroxyl groups excluding tert-OH is 2. The van der Waals surface area contributed by atoms with E-state index in [1.165, 1.54) is 68.6 Å². The Kier molecular flexibility index (Phi) is 14.8. The number of aromatic nitrogens is 4. The van der Waals surface area contributed by atoms with Crippen molar-refractivity contribution in [3.8, 4) is 0 Å². The van der Waals surface area contributed by atoms with E-state index in [0.717, 1.165) is 32.2 Å². The summed E-state index contributed by atoms with van der Waals surface area (Å²) in [7, 11) is 0. The topological polar surface area (TPSA) is 201 Å². The zero-order valence-electron chi connectivity index (χ0n) is 22.3. The van der Waals surface area contributed by atoms with Gasteiger partial charge in [0, 0.05) is 0 Å². The number of nitrogens with two attached hydrogens (primary N) is 2. The Balaban J connectivity index is 1.13. The summed E-state index contributed by atoms with van der Waals surface area (Å²) in [5.41, 5.74) is 12.0. The van der Waals surface area contributed by atoms with Gasteiger partial charge in [0.25, 0.3) is 0 Å². The number of rotatable bonds is 22. The third-order valence-corrected chi connectivity index (χ3v) is 6.59. The van der Waals surface area contributed by atoms with Crippen molar-refractivity contribution < 1.29 is 44.9 Å². The van der Waals surface area contributed by atoms with Crippen molar-refractivity contribution >= 4 is 17.0 Å². The number of anilines is 1. The minimum absolute atomic E-state index is 0.185. The lowest BCUT2D eigenvalue weighted by molar-refractivity contribution is -0.757. The van der Waals surface area contributed by atoms with Crippen LogP contribution in [0.4, 0.5) is 5.82 Å². The minimum atomic E-state index is -1.29. The number of nitrogens with zero attached hydrogens (tertiary/aromatic N) is 4. The summed E-state index contributed by atoms with van der Waals surface area (Å²) in [5, 5.41) is 37.9. The summed E-state index contributed by atoms with van der Waals surface area (Å²) in [6, 6.07) is 0. The van der Waals surface area contributed by atoms with Crippen LogP contribution in [0.1, 0.15) is 83.3 Å². The van der Waals surface area contributed by atoms with E-state index in [4.69, 9.17) is 26.0 Å². The number of imidazole rings is 1. The number of unbranched alkanes of at least 4 members (excludes halogenated alkanes) is 11. The Hall–Kier alpha value is -2.05. The highest BCUT2D eigenvalue weighted by molar-refractivity contribution is 5.81. The fourth-order valence-electron chi connectivity index (χ4n) is 4.42. The molecular weight excluding hydrogens is 516 g/mol. The number of nitrogen functional groups attached to an aromatic ring is 1. The first kappa shape index (κ1) is 31.5. The van der Waals surface area contributed by atoms with E-state index in [9.17, 15) is 10.2 Å². The largest absolute Gasteiger partial charge is 0.387 e. The molecule has 1 fully saturated rings. The molecule has 0 amide bonds. The highest BCUT2D eigenvalue weighted by Crippen LogP contribution is 2.32. The van der Waals surface area contributed by atoms with Crippen LogP contribution in [-0.4, -0.2) is 67.8 Å². The van der Waals surface area contributed by atoms with Crippen LogP contribution in [0.25, 0.3) is 11.2 Å². The molecule has 2 aromatic heterocycles. The molecule has 4 atom stereocenters. The molecule has 1 aliphatic rings. The van der Waals surface area contributed by atoms with Gasteiger partial charge in [0.2, 0.25) is 0 Å². The highest BCUT2D eigenvalue weighted by atomic mass is 17.8. The van der Waals surface area contributed by atoms with E-state index in [1.807, 2.05) is 0 Å². The van der Waals surface area contributed by atoms with Crippen molar-refractivity contribution in [2.75, 3.05) is 25.5 Å². The maximum Gasteiger partial charge on any atom is 0.167 e. The zero-order chi connectivity index (χ0) is 27.7. The smallest absolute Gasteiger partial charge is 0.167 e. The third kappa shape index (κ3) is 10.5. The van der Waals surface area contributed by atoms with E-state index in [-0.39, 0.29) is 12.4 Å². The molecule has 3 heterocycles. The van der Waals surface area contributed by atoms with Crippen molar-refractivity contribution in [3.63, 3.8) is 0 Å². The summed E-state index contributed by atoms with van der Waals surface area (Å²) >= 11 is 0.